The van der Waals surface area contributed by atoms with Crippen molar-refractivity contribution in [2.45, 2.75) is 71.1 Å². The van der Waals surface area contributed by atoms with E-state index in [9.17, 15) is 0 Å². The van der Waals surface area contributed by atoms with Gasteiger partial charge in [-0.2, -0.15) is 0 Å². The number of hydrogen-bond donors (Lipinski definition) is 1. The zero-order valence-corrected chi connectivity index (χ0v) is 14.0. The molecule has 0 rings (SSSR count). The van der Waals surface area contributed by atoms with Crippen LogP contribution in [0.5, 0.6) is 0 Å². The Bertz CT molecular complexity index is 244. The van der Waals surface area contributed by atoms with Gasteiger partial charge in [-0.3, -0.25) is 0 Å². The summed E-state index contributed by atoms with van der Waals surface area (Å²) in [4.78, 5) is 0. The summed E-state index contributed by atoms with van der Waals surface area (Å²) in [7, 11) is 0. The molecule has 0 aliphatic rings. The van der Waals surface area contributed by atoms with Gasteiger partial charge in [0, 0.05) is 0 Å². The fourth-order valence-corrected chi connectivity index (χ4v) is 1.94. The first-order valence-electron chi connectivity index (χ1n) is 8.06. The molecule has 1 nitrogen and oxygen atoms in total. The van der Waals surface area contributed by atoms with Gasteiger partial charge < -0.3 is 5.73 Å². The molecule has 0 heterocycles. The Kier molecular flexibility index (Phi) is 22.6. The fraction of sp³-hybridized carbons (Fsp3) is 0.667. The van der Waals surface area contributed by atoms with Gasteiger partial charge in [-0.05, 0) is 45.1 Å². The third-order valence-corrected chi connectivity index (χ3v) is 3.10. The van der Waals surface area contributed by atoms with Gasteiger partial charge in [0.05, 0.1) is 0 Å². The van der Waals surface area contributed by atoms with Crippen molar-refractivity contribution in [3.05, 3.63) is 36.5 Å². The lowest BCUT2D eigenvalue weighted by Gasteiger charge is -1.98. The second-order valence-corrected chi connectivity index (χ2v) is 4.99. The summed E-state index contributed by atoms with van der Waals surface area (Å²) < 4.78 is 0. The molecule has 0 atom stereocenters. The lowest BCUT2D eigenvalue weighted by Crippen LogP contribution is -1.97. The number of rotatable bonds is 13. The minimum atomic E-state index is 0. The van der Waals surface area contributed by atoms with Crippen LogP contribution in [-0.2, 0) is 0 Å². The van der Waals surface area contributed by atoms with Crippen LogP contribution in [0.4, 0.5) is 0 Å². The highest BCUT2D eigenvalue weighted by Crippen LogP contribution is 2.07. The number of halogens is 1. The molecule has 0 radical (unpaired) electrons. The van der Waals surface area contributed by atoms with Crippen LogP contribution in [0, 0.1) is 0 Å². The summed E-state index contributed by atoms with van der Waals surface area (Å²) >= 11 is 0. The molecular weight excluding hydrogens is 266 g/mol. The summed E-state index contributed by atoms with van der Waals surface area (Å²) in [5, 5.41) is 0. The predicted molar refractivity (Wildman–Crippen MR) is 95.6 cm³/mol. The SMILES string of the molecule is CC/C=C\C/C=C\C/C=C\CCCCCCCCN.Cl. The average Bonchev–Trinajstić information content (AvgIpc) is 2.43. The molecule has 0 amide bonds. The zero-order valence-electron chi connectivity index (χ0n) is 13.2. The normalized spacial score (nSPS) is 11.7. The minimum Gasteiger partial charge on any atom is -0.330 e. The molecule has 0 saturated carbocycles. The Hall–Kier alpha value is -0.530. The molecule has 0 aromatic carbocycles. The molecule has 0 aromatic heterocycles. The molecule has 0 aliphatic carbocycles. The molecule has 0 saturated heterocycles. The van der Waals surface area contributed by atoms with Crippen LogP contribution in [0.2, 0.25) is 0 Å². The zero-order chi connectivity index (χ0) is 14.0. The lowest BCUT2D eigenvalue weighted by atomic mass is 10.1. The highest BCUT2D eigenvalue weighted by Gasteiger charge is 1.88. The number of hydrogen-bond acceptors (Lipinski definition) is 1. The predicted octanol–water partition coefficient (Wildman–Crippen LogP) is 5.96. The van der Waals surface area contributed by atoms with Gasteiger partial charge >= 0.3 is 0 Å². The van der Waals surface area contributed by atoms with Crippen molar-refractivity contribution in [2.75, 3.05) is 6.54 Å². The Morgan fingerprint density at radius 2 is 1.15 bits per heavy atom. The third-order valence-electron chi connectivity index (χ3n) is 3.10. The quantitative estimate of drug-likeness (QED) is 0.330. The van der Waals surface area contributed by atoms with E-state index in [4.69, 9.17) is 5.73 Å². The number of nitrogens with two attached hydrogens (primary N) is 1. The van der Waals surface area contributed by atoms with E-state index < -0.39 is 0 Å². The van der Waals surface area contributed by atoms with E-state index in [0.29, 0.717) is 0 Å². The molecular formula is C18H34ClN. The first kappa shape index (κ1) is 21.8. The van der Waals surface area contributed by atoms with Crippen molar-refractivity contribution in [1.29, 1.82) is 0 Å². The Labute approximate surface area is 132 Å². The van der Waals surface area contributed by atoms with Crippen LogP contribution in [0.25, 0.3) is 0 Å². The van der Waals surface area contributed by atoms with Crippen molar-refractivity contribution < 1.29 is 0 Å². The molecule has 0 aromatic rings. The van der Waals surface area contributed by atoms with Crippen LogP contribution >= 0.6 is 12.4 Å². The molecule has 0 spiro atoms. The third kappa shape index (κ3) is 19.8. The second kappa shape index (κ2) is 20.8. The van der Waals surface area contributed by atoms with Crippen molar-refractivity contribution in [2.24, 2.45) is 5.73 Å². The van der Waals surface area contributed by atoms with Crippen LogP contribution < -0.4 is 5.73 Å². The first-order chi connectivity index (χ1) is 9.41. The Morgan fingerprint density at radius 3 is 1.75 bits per heavy atom. The lowest BCUT2D eigenvalue weighted by molar-refractivity contribution is 0.600. The van der Waals surface area contributed by atoms with Crippen molar-refractivity contribution in [3.63, 3.8) is 0 Å². The van der Waals surface area contributed by atoms with Gasteiger partial charge in [-0.1, -0.05) is 69.1 Å². The topological polar surface area (TPSA) is 26.0 Å². The van der Waals surface area contributed by atoms with Crippen LogP contribution in [0.15, 0.2) is 36.5 Å². The van der Waals surface area contributed by atoms with Crippen LogP contribution in [0.1, 0.15) is 71.1 Å². The van der Waals surface area contributed by atoms with Crippen molar-refractivity contribution in [3.8, 4) is 0 Å². The summed E-state index contributed by atoms with van der Waals surface area (Å²) in [6, 6.07) is 0. The molecule has 118 valence electrons. The molecule has 0 unspecified atom stereocenters. The fourth-order valence-electron chi connectivity index (χ4n) is 1.94. The van der Waals surface area contributed by atoms with Gasteiger partial charge in [0.2, 0.25) is 0 Å². The molecule has 0 aliphatic heterocycles. The van der Waals surface area contributed by atoms with E-state index in [1.807, 2.05) is 0 Å². The molecule has 2 N–H and O–H groups in total. The summed E-state index contributed by atoms with van der Waals surface area (Å²) in [5.41, 5.74) is 5.46. The Balaban J connectivity index is 0. The van der Waals surface area contributed by atoms with Crippen LogP contribution in [0.3, 0.4) is 0 Å². The molecule has 2 heteroatoms. The van der Waals surface area contributed by atoms with Gasteiger partial charge in [-0.15, -0.1) is 12.4 Å². The standard InChI is InChI=1S/C18H33N.ClH/c1-2-3-4-5-6-7-8-9-10-11-12-13-14-15-16-17-18-19;/h3-4,6-7,9-10H,2,5,8,11-19H2,1H3;1H/b4-3-,7-6-,10-9-;. The smallest absolute Gasteiger partial charge is 0.00773 e. The maximum Gasteiger partial charge on any atom is -0.00773 e. The highest BCUT2D eigenvalue weighted by atomic mass is 35.5. The minimum absolute atomic E-state index is 0. The Morgan fingerprint density at radius 1 is 0.650 bits per heavy atom. The van der Waals surface area contributed by atoms with E-state index in [1.165, 1.54) is 44.9 Å². The average molecular weight is 300 g/mol. The van der Waals surface area contributed by atoms with E-state index in [-0.39, 0.29) is 12.4 Å². The summed E-state index contributed by atoms with van der Waals surface area (Å²) in [6.45, 7) is 3.02. The van der Waals surface area contributed by atoms with Gasteiger partial charge in [0.25, 0.3) is 0 Å². The van der Waals surface area contributed by atoms with E-state index in [2.05, 4.69) is 43.4 Å². The van der Waals surface area contributed by atoms with Gasteiger partial charge in [0.15, 0.2) is 0 Å². The largest absolute Gasteiger partial charge is 0.330 e. The van der Waals surface area contributed by atoms with Gasteiger partial charge in [-0.25, -0.2) is 0 Å². The maximum atomic E-state index is 5.46. The van der Waals surface area contributed by atoms with Crippen molar-refractivity contribution in [1.82, 2.24) is 0 Å². The van der Waals surface area contributed by atoms with E-state index >= 15 is 0 Å². The van der Waals surface area contributed by atoms with Crippen LogP contribution in [-0.4, -0.2) is 6.54 Å². The molecule has 0 fully saturated rings. The van der Waals surface area contributed by atoms with E-state index in [0.717, 1.165) is 25.8 Å². The van der Waals surface area contributed by atoms with Gasteiger partial charge in [0.1, 0.15) is 0 Å². The summed E-state index contributed by atoms with van der Waals surface area (Å²) in [6.07, 6.45) is 26.0. The monoisotopic (exact) mass is 299 g/mol. The number of allylic oxidation sites excluding steroid dienone is 6. The molecule has 0 bridgehead atoms. The van der Waals surface area contributed by atoms with Crippen molar-refractivity contribution >= 4 is 12.4 Å². The highest BCUT2D eigenvalue weighted by molar-refractivity contribution is 5.85. The first-order valence-corrected chi connectivity index (χ1v) is 8.06. The van der Waals surface area contributed by atoms with E-state index in [1.54, 1.807) is 0 Å². The number of unbranched alkanes of at least 4 members (excludes halogenated alkanes) is 6. The second-order valence-electron chi connectivity index (χ2n) is 4.99. The maximum absolute atomic E-state index is 5.46. The summed E-state index contributed by atoms with van der Waals surface area (Å²) in [5.74, 6) is 0. The molecule has 20 heavy (non-hydrogen) atoms.